The average molecular weight is 366 g/mol. The number of piperidine rings is 1. The highest BCUT2D eigenvalue weighted by Gasteiger charge is 2.30. The summed E-state index contributed by atoms with van der Waals surface area (Å²) >= 11 is 6.06. The molecule has 0 aliphatic carbocycles. The molecule has 1 aromatic carbocycles. The highest BCUT2D eigenvalue weighted by atomic mass is 35.5. The van der Waals surface area contributed by atoms with Crippen molar-refractivity contribution in [3.05, 3.63) is 29.3 Å². The molecule has 1 aromatic rings. The normalized spacial score (nSPS) is 21.9. The zero-order valence-corrected chi connectivity index (χ0v) is 16.2. The third-order valence-corrected chi connectivity index (χ3v) is 5.07. The lowest BCUT2D eigenvalue weighted by Gasteiger charge is -2.38. The second-order valence-electron chi connectivity index (χ2n) is 7.31. The van der Waals surface area contributed by atoms with Crippen LogP contribution in [0.15, 0.2) is 24.3 Å². The maximum Gasteiger partial charge on any atom is 0.239 e. The van der Waals surface area contributed by atoms with E-state index in [2.05, 4.69) is 19.2 Å². The standard InChI is InChI=1S/C19H28ClN3O2/c1-13-9-14(2)11-23(10-13)19(25)15(3)22(4)12-18(24)21-17-8-6-5-7-16(17)20/h5-8,13-15H,9-12H2,1-4H3,(H,21,24)/t13-,14+,15-/m0/s1. The van der Waals surface area contributed by atoms with Gasteiger partial charge in [-0.15, -0.1) is 0 Å². The maximum absolute atomic E-state index is 12.8. The molecule has 0 bridgehead atoms. The van der Waals surface area contributed by atoms with Gasteiger partial charge in [0, 0.05) is 13.1 Å². The number of anilines is 1. The molecule has 6 heteroatoms. The average Bonchev–Trinajstić information content (AvgIpc) is 2.54. The lowest BCUT2D eigenvalue weighted by Crippen LogP contribution is -2.51. The van der Waals surface area contributed by atoms with Crippen LogP contribution in [0.4, 0.5) is 5.69 Å². The first-order valence-corrected chi connectivity index (χ1v) is 9.19. The summed E-state index contributed by atoms with van der Waals surface area (Å²) in [6, 6.07) is 6.77. The molecule has 1 aliphatic rings. The minimum atomic E-state index is -0.338. The number of likely N-dealkylation sites (tertiary alicyclic amines) is 1. The molecule has 5 nitrogen and oxygen atoms in total. The van der Waals surface area contributed by atoms with Crippen LogP contribution in [-0.4, -0.2) is 54.3 Å². The number of carbonyl (C=O) groups excluding carboxylic acids is 2. The van der Waals surface area contributed by atoms with E-state index in [1.54, 1.807) is 24.1 Å². The number of nitrogens with zero attached hydrogens (tertiary/aromatic N) is 2. The number of benzene rings is 1. The fourth-order valence-corrected chi connectivity index (χ4v) is 3.59. The van der Waals surface area contributed by atoms with Crippen LogP contribution in [-0.2, 0) is 9.59 Å². The number of rotatable bonds is 5. The Hall–Kier alpha value is -1.59. The molecule has 1 fully saturated rings. The topological polar surface area (TPSA) is 52.7 Å². The van der Waals surface area contributed by atoms with E-state index in [0.29, 0.717) is 22.5 Å². The van der Waals surface area contributed by atoms with E-state index in [0.717, 1.165) is 19.5 Å². The summed E-state index contributed by atoms with van der Waals surface area (Å²) in [6.45, 7) is 7.95. The number of hydrogen-bond acceptors (Lipinski definition) is 3. The first-order valence-electron chi connectivity index (χ1n) is 8.81. The van der Waals surface area contributed by atoms with Crippen molar-refractivity contribution in [3.63, 3.8) is 0 Å². The second kappa shape index (κ2) is 8.68. The number of likely N-dealkylation sites (N-methyl/N-ethyl adjacent to an activating group) is 1. The summed E-state index contributed by atoms with van der Waals surface area (Å²) in [7, 11) is 1.80. The largest absolute Gasteiger partial charge is 0.341 e. The van der Waals surface area contributed by atoms with Crippen molar-refractivity contribution >= 4 is 29.1 Å². The molecule has 0 radical (unpaired) electrons. The lowest BCUT2D eigenvalue weighted by molar-refractivity contribution is -0.139. The van der Waals surface area contributed by atoms with Gasteiger partial charge in [-0.2, -0.15) is 0 Å². The van der Waals surface area contributed by atoms with Gasteiger partial charge in [0.05, 0.1) is 23.3 Å². The minimum absolute atomic E-state index is 0.0893. The molecule has 1 aliphatic heterocycles. The van der Waals surface area contributed by atoms with Crippen molar-refractivity contribution in [2.45, 2.75) is 33.2 Å². The Morgan fingerprint density at radius 2 is 1.88 bits per heavy atom. The van der Waals surface area contributed by atoms with E-state index in [4.69, 9.17) is 11.6 Å². The van der Waals surface area contributed by atoms with E-state index in [1.807, 2.05) is 24.0 Å². The van der Waals surface area contributed by atoms with Gasteiger partial charge >= 0.3 is 0 Å². The number of amides is 2. The fraction of sp³-hybridized carbons (Fsp3) is 0.579. The molecular weight excluding hydrogens is 338 g/mol. The molecule has 0 unspecified atom stereocenters. The predicted molar refractivity (Wildman–Crippen MR) is 102 cm³/mol. The number of nitrogens with one attached hydrogen (secondary N) is 1. The van der Waals surface area contributed by atoms with Crippen molar-refractivity contribution in [2.75, 3.05) is 32.0 Å². The summed E-state index contributed by atoms with van der Waals surface area (Å²) in [5.74, 6) is 0.949. The first kappa shape index (κ1) is 19.7. The molecule has 1 N–H and O–H groups in total. The van der Waals surface area contributed by atoms with Gasteiger partial charge in [0.1, 0.15) is 0 Å². The molecule has 1 saturated heterocycles. The summed E-state index contributed by atoms with van der Waals surface area (Å²) in [5.41, 5.74) is 0.584. The van der Waals surface area contributed by atoms with Gasteiger partial charge in [0.15, 0.2) is 0 Å². The van der Waals surface area contributed by atoms with Crippen LogP contribution in [0.3, 0.4) is 0 Å². The van der Waals surface area contributed by atoms with E-state index >= 15 is 0 Å². The molecule has 0 spiro atoms. The minimum Gasteiger partial charge on any atom is -0.341 e. The van der Waals surface area contributed by atoms with Crippen LogP contribution in [0, 0.1) is 11.8 Å². The highest BCUT2D eigenvalue weighted by molar-refractivity contribution is 6.33. The molecule has 0 aromatic heterocycles. The van der Waals surface area contributed by atoms with Crippen molar-refractivity contribution in [1.29, 1.82) is 0 Å². The Labute approximate surface area is 155 Å². The van der Waals surface area contributed by atoms with Crippen molar-refractivity contribution in [3.8, 4) is 0 Å². The zero-order chi connectivity index (χ0) is 18.6. The van der Waals surface area contributed by atoms with Gasteiger partial charge in [0.25, 0.3) is 0 Å². The Bertz CT molecular complexity index is 612. The third kappa shape index (κ3) is 5.44. The van der Waals surface area contributed by atoms with E-state index in [1.165, 1.54) is 0 Å². The summed E-state index contributed by atoms with van der Waals surface area (Å²) in [5, 5.41) is 3.29. The molecule has 2 amide bonds. The SMILES string of the molecule is C[C@@H]1C[C@H](C)CN(C(=O)[C@H](C)N(C)CC(=O)Nc2ccccc2Cl)C1. The Morgan fingerprint density at radius 3 is 2.48 bits per heavy atom. The Balaban J connectivity index is 1.90. The molecule has 138 valence electrons. The monoisotopic (exact) mass is 365 g/mol. The number of para-hydroxylation sites is 1. The van der Waals surface area contributed by atoms with Crippen molar-refractivity contribution in [2.24, 2.45) is 11.8 Å². The van der Waals surface area contributed by atoms with Crippen LogP contribution in [0.5, 0.6) is 0 Å². The molecule has 2 rings (SSSR count). The molecule has 25 heavy (non-hydrogen) atoms. The summed E-state index contributed by atoms with van der Waals surface area (Å²) in [6.07, 6.45) is 1.16. The van der Waals surface area contributed by atoms with Crippen LogP contribution in [0.25, 0.3) is 0 Å². The first-order chi connectivity index (χ1) is 11.8. The highest BCUT2D eigenvalue weighted by Crippen LogP contribution is 2.22. The zero-order valence-electron chi connectivity index (χ0n) is 15.5. The van der Waals surface area contributed by atoms with E-state index < -0.39 is 0 Å². The maximum atomic E-state index is 12.8. The fourth-order valence-electron chi connectivity index (χ4n) is 3.41. The molecule has 3 atom stereocenters. The van der Waals surface area contributed by atoms with Gasteiger partial charge in [-0.3, -0.25) is 14.5 Å². The molecular formula is C19H28ClN3O2. The van der Waals surface area contributed by atoms with E-state index in [-0.39, 0.29) is 24.4 Å². The summed E-state index contributed by atoms with van der Waals surface area (Å²) in [4.78, 5) is 28.7. The molecule has 1 heterocycles. The van der Waals surface area contributed by atoms with Crippen LogP contribution < -0.4 is 5.32 Å². The quantitative estimate of drug-likeness (QED) is 0.872. The van der Waals surface area contributed by atoms with Crippen LogP contribution in [0.2, 0.25) is 5.02 Å². The number of carbonyl (C=O) groups is 2. The molecule has 0 saturated carbocycles. The van der Waals surface area contributed by atoms with Gasteiger partial charge in [-0.05, 0) is 44.4 Å². The lowest BCUT2D eigenvalue weighted by atomic mass is 9.91. The predicted octanol–water partition coefficient (Wildman–Crippen LogP) is 3.10. The summed E-state index contributed by atoms with van der Waals surface area (Å²) < 4.78 is 0. The van der Waals surface area contributed by atoms with Crippen molar-refractivity contribution < 1.29 is 9.59 Å². The van der Waals surface area contributed by atoms with Crippen LogP contribution in [0.1, 0.15) is 27.2 Å². The Kier molecular flexibility index (Phi) is 6.85. The third-order valence-electron chi connectivity index (χ3n) is 4.74. The van der Waals surface area contributed by atoms with Gasteiger partial charge < -0.3 is 10.2 Å². The van der Waals surface area contributed by atoms with Crippen LogP contribution >= 0.6 is 11.6 Å². The van der Waals surface area contributed by atoms with Gasteiger partial charge in [-0.25, -0.2) is 0 Å². The van der Waals surface area contributed by atoms with Crippen molar-refractivity contribution in [1.82, 2.24) is 9.80 Å². The number of hydrogen-bond donors (Lipinski definition) is 1. The van der Waals surface area contributed by atoms with E-state index in [9.17, 15) is 9.59 Å². The Morgan fingerprint density at radius 1 is 1.28 bits per heavy atom. The van der Waals surface area contributed by atoms with Gasteiger partial charge in [-0.1, -0.05) is 37.6 Å². The second-order valence-corrected chi connectivity index (χ2v) is 7.72. The number of halogens is 1. The smallest absolute Gasteiger partial charge is 0.239 e. The van der Waals surface area contributed by atoms with Gasteiger partial charge in [0.2, 0.25) is 11.8 Å².